The van der Waals surface area contributed by atoms with Crippen molar-refractivity contribution < 1.29 is 14.1 Å². The summed E-state index contributed by atoms with van der Waals surface area (Å²) in [5.41, 5.74) is 2.31. The molecule has 26 heavy (non-hydrogen) atoms. The number of carbonyl (C=O) groups is 1. The van der Waals surface area contributed by atoms with Crippen molar-refractivity contribution in [2.45, 2.75) is 11.8 Å². The molecule has 1 aliphatic heterocycles. The highest BCUT2D eigenvalue weighted by Gasteiger charge is 2.19. The lowest BCUT2D eigenvalue weighted by Gasteiger charge is -2.32. The monoisotopic (exact) mass is 374 g/mol. The van der Waals surface area contributed by atoms with E-state index in [0.29, 0.717) is 17.1 Å². The smallest absolute Gasteiger partial charge is 0.234 e. The van der Waals surface area contributed by atoms with Crippen LogP contribution in [0.5, 0.6) is 0 Å². The van der Waals surface area contributed by atoms with Crippen molar-refractivity contribution in [2.24, 2.45) is 0 Å². The molecule has 0 spiro atoms. The van der Waals surface area contributed by atoms with E-state index in [1.807, 2.05) is 31.2 Å². The molecule has 1 amide bonds. The largest absolute Gasteiger partial charge is 0.358 e. The highest BCUT2D eigenvalue weighted by atomic mass is 32.2. The number of carbonyl (C=O) groups excluding carboxylic acids is 1. The molecule has 1 saturated heterocycles. The van der Waals surface area contributed by atoms with Gasteiger partial charge in [0, 0.05) is 10.6 Å². The van der Waals surface area contributed by atoms with Gasteiger partial charge in [0.25, 0.3) is 0 Å². The van der Waals surface area contributed by atoms with Crippen molar-refractivity contribution in [2.75, 3.05) is 49.2 Å². The second kappa shape index (κ2) is 8.56. The van der Waals surface area contributed by atoms with Crippen LogP contribution in [0.1, 0.15) is 5.56 Å². The van der Waals surface area contributed by atoms with Gasteiger partial charge in [-0.3, -0.25) is 4.79 Å². The predicted octanol–water partition coefficient (Wildman–Crippen LogP) is 2.20. The summed E-state index contributed by atoms with van der Waals surface area (Å²) in [5, 5.41) is 2.78. The number of hydrogen-bond donors (Lipinski definition) is 2. The van der Waals surface area contributed by atoms with E-state index in [9.17, 15) is 9.18 Å². The van der Waals surface area contributed by atoms with Crippen molar-refractivity contribution >= 4 is 29.0 Å². The van der Waals surface area contributed by atoms with Crippen LogP contribution in [0.15, 0.2) is 47.4 Å². The molecule has 0 aliphatic carbocycles. The predicted molar refractivity (Wildman–Crippen MR) is 106 cm³/mol. The first kappa shape index (κ1) is 18.7. The van der Waals surface area contributed by atoms with Crippen molar-refractivity contribution in [1.82, 2.24) is 0 Å². The van der Waals surface area contributed by atoms with Crippen LogP contribution in [-0.4, -0.2) is 44.9 Å². The van der Waals surface area contributed by atoms with Crippen molar-refractivity contribution in [3.05, 3.63) is 53.8 Å². The van der Waals surface area contributed by atoms with E-state index >= 15 is 0 Å². The maximum atomic E-state index is 14.5. The van der Waals surface area contributed by atoms with Gasteiger partial charge >= 0.3 is 0 Å². The standard InChI is InChI=1S/C20H24FN3OS/c1-15-3-6-17(7-4-15)26-14-20(25)22-16-5-8-19(18(21)13-16)24-11-9-23(2)10-12-24/h3-8,13H,9-12,14H2,1-2H3,(H,22,25)/p+1. The molecule has 6 heteroatoms. The number of anilines is 2. The van der Waals surface area contributed by atoms with Crippen LogP contribution in [-0.2, 0) is 4.79 Å². The molecule has 0 aromatic heterocycles. The van der Waals surface area contributed by atoms with Gasteiger partial charge in [0.2, 0.25) is 5.91 Å². The summed E-state index contributed by atoms with van der Waals surface area (Å²) in [6.07, 6.45) is 0. The van der Waals surface area contributed by atoms with Gasteiger partial charge in [0.1, 0.15) is 5.82 Å². The number of rotatable bonds is 5. The zero-order chi connectivity index (χ0) is 18.5. The summed E-state index contributed by atoms with van der Waals surface area (Å²) in [4.78, 5) is 16.7. The van der Waals surface area contributed by atoms with Gasteiger partial charge in [0.15, 0.2) is 0 Å². The molecule has 0 unspecified atom stereocenters. The molecule has 4 nitrogen and oxygen atoms in total. The Bertz CT molecular complexity index is 758. The van der Waals surface area contributed by atoms with E-state index < -0.39 is 0 Å². The molecule has 1 fully saturated rings. The van der Waals surface area contributed by atoms with E-state index in [-0.39, 0.29) is 11.7 Å². The average molecular weight is 375 g/mol. The second-order valence-corrected chi connectivity index (χ2v) is 7.81. The molecule has 3 rings (SSSR count). The number of hydrogen-bond acceptors (Lipinski definition) is 3. The maximum absolute atomic E-state index is 14.5. The number of thioether (sulfide) groups is 1. The van der Waals surface area contributed by atoms with Gasteiger partial charge in [-0.05, 0) is 37.3 Å². The first-order valence-electron chi connectivity index (χ1n) is 8.86. The quantitative estimate of drug-likeness (QED) is 0.788. The number of amides is 1. The van der Waals surface area contributed by atoms with Crippen LogP contribution < -0.4 is 15.1 Å². The number of likely N-dealkylation sites (N-methyl/N-ethyl adjacent to an activating group) is 1. The first-order valence-corrected chi connectivity index (χ1v) is 9.85. The minimum atomic E-state index is -0.284. The number of nitrogens with zero attached hydrogens (tertiary/aromatic N) is 1. The molecular weight excluding hydrogens is 349 g/mol. The van der Waals surface area contributed by atoms with Crippen LogP contribution in [0.25, 0.3) is 0 Å². The van der Waals surface area contributed by atoms with Crippen LogP contribution in [0.4, 0.5) is 15.8 Å². The Balaban J connectivity index is 1.55. The number of halogens is 1. The highest BCUT2D eigenvalue weighted by molar-refractivity contribution is 8.00. The minimum absolute atomic E-state index is 0.133. The Hall–Kier alpha value is -2.05. The molecule has 0 bridgehead atoms. The van der Waals surface area contributed by atoms with E-state index in [2.05, 4.69) is 17.3 Å². The van der Waals surface area contributed by atoms with E-state index in [1.54, 1.807) is 12.1 Å². The Morgan fingerprint density at radius 1 is 1.19 bits per heavy atom. The van der Waals surface area contributed by atoms with Crippen molar-refractivity contribution in [1.29, 1.82) is 0 Å². The van der Waals surface area contributed by atoms with Crippen LogP contribution in [0.2, 0.25) is 0 Å². The topological polar surface area (TPSA) is 36.8 Å². The lowest BCUT2D eigenvalue weighted by atomic mass is 10.2. The lowest BCUT2D eigenvalue weighted by Crippen LogP contribution is -3.12. The van der Waals surface area contributed by atoms with Gasteiger partial charge in [-0.25, -0.2) is 4.39 Å². The third-order valence-corrected chi connectivity index (χ3v) is 5.59. The van der Waals surface area contributed by atoms with Crippen LogP contribution in [0.3, 0.4) is 0 Å². The van der Waals surface area contributed by atoms with Gasteiger partial charge in [0.05, 0.1) is 44.7 Å². The SMILES string of the molecule is Cc1ccc(SCC(=O)Nc2ccc(N3CC[NH+](C)CC3)c(F)c2)cc1. The molecular formula is C20H25FN3OS+. The minimum Gasteiger partial charge on any atom is -0.358 e. The third kappa shape index (κ3) is 4.99. The molecule has 2 N–H and O–H groups in total. The molecule has 1 heterocycles. The van der Waals surface area contributed by atoms with Crippen LogP contribution in [0, 0.1) is 12.7 Å². The summed E-state index contributed by atoms with van der Waals surface area (Å²) < 4.78 is 14.5. The zero-order valence-corrected chi connectivity index (χ0v) is 16.0. The number of piperazine rings is 1. The molecule has 2 aromatic carbocycles. The fourth-order valence-corrected chi connectivity index (χ4v) is 3.65. The summed E-state index contributed by atoms with van der Waals surface area (Å²) in [7, 11) is 2.15. The van der Waals surface area contributed by atoms with Crippen molar-refractivity contribution in [3.63, 3.8) is 0 Å². The van der Waals surface area contributed by atoms with Crippen molar-refractivity contribution in [3.8, 4) is 0 Å². The fourth-order valence-electron chi connectivity index (χ4n) is 2.95. The van der Waals surface area contributed by atoms with Gasteiger partial charge < -0.3 is 15.1 Å². The van der Waals surface area contributed by atoms with Gasteiger partial charge in [-0.2, -0.15) is 0 Å². The number of quaternary nitrogens is 1. The normalized spacial score (nSPS) is 15.1. The lowest BCUT2D eigenvalue weighted by molar-refractivity contribution is -0.880. The Kier molecular flexibility index (Phi) is 6.16. The Morgan fingerprint density at radius 3 is 2.54 bits per heavy atom. The summed E-state index contributed by atoms with van der Waals surface area (Å²) in [6.45, 7) is 5.74. The fraction of sp³-hybridized carbons (Fsp3) is 0.350. The highest BCUT2D eigenvalue weighted by Crippen LogP contribution is 2.24. The third-order valence-electron chi connectivity index (χ3n) is 4.58. The summed E-state index contributed by atoms with van der Waals surface area (Å²) in [5.74, 6) is -0.118. The van der Waals surface area contributed by atoms with E-state index in [4.69, 9.17) is 0 Å². The van der Waals surface area contributed by atoms with Gasteiger partial charge in [-0.1, -0.05) is 17.7 Å². The molecule has 1 aliphatic rings. The first-order chi connectivity index (χ1) is 12.5. The zero-order valence-electron chi connectivity index (χ0n) is 15.2. The molecule has 138 valence electrons. The molecule has 0 saturated carbocycles. The van der Waals surface area contributed by atoms with E-state index in [0.717, 1.165) is 31.1 Å². The molecule has 2 aromatic rings. The number of nitrogens with one attached hydrogen (secondary N) is 2. The second-order valence-electron chi connectivity index (χ2n) is 6.76. The Labute approximate surface area is 158 Å². The van der Waals surface area contributed by atoms with Crippen LogP contribution >= 0.6 is 11.8 Å². The average Bonchev–Trinajstić information content (AvgIpc) is 2.62. The van der Waals surface area contributed by atoms with Gasteiger partial charge in [-0.15, -0.1) is 11.8 Å². The Morgan fingerprint density at radius 2 is 1.88 bits per heavy atom. The molecule has 0 atom stereocenters. The summed E-state index contributed by atoms with van der Waals surface area (Å²) >= 11 is 1.47. The number of benzene rings is 2. The number of aryl methyl sites for hydroxylation is 1. The summed E-state index contributed by atoms with van der Waals surface area (Å²) in [6, 6.07) is 13.0. The molecule has 0 radical (unpaired) electrons. The van der Waals surface area contributed by atoms with E-state index in [1.165, 1.54) is 28.3 Å². The maximum Gasteiger partial charge on any atom is 0.234 e.